The van der Waals surface area contributed by atoms with Crippen LogP contribution in [0.25, 0.3) is 0 Å². The fourth-order valence-corrected chi connectivity index (χ4v) is 3.60. The third-order valence-electron chi connectivity index (χ3n) is 4.31. The summed E-state index contributed by atoms with van der Waals surface area (Å²) in [6, 6.07) is 9.70. The Morgan fingerprint density at radius 1 is 1.37 bits per heavy atom. The van der Waals surface area contributed by atoms with Crippen LogP contribution in [0.15, 0.2) is 24.3 Å². The van der Waals surface area contributed by atoms with Crippen LogP contribution >= 0.6 is 11.8 Å². The molecule has 3 heteroatoms. The number of benzene rings is 1. The number of aliphatic hydroxyl groups excluding tert-OH is 1. The Morgan fingerprint density at radius 2 is 2.05 bits per heavy atom. The Morgan fingerprint density at radius 3 is 2.63 bits per heavy atom. The first-order chi connectivity index (χ1) is 9.15. The van der Waals surface area contributed by atoms with Crippen LogP contribution in [0.2, 0.25) is 0 Å². The monoisotopic (exact) mass is 279 g/mol. The highest BCUT2D eigenvalue weighted by atomic mass is 32.2. The van der Waals surface area contributed by atoms with Crippen molar-refractivity contribution in [1.82, 2.24) is 5.32 Å². The van der Waals surface area contributed by atoms with Crippen molar-refractivity contribution in [2.45, 2.75) is 49.9 Å². The van der Waals surface area contributed by atoms with Crippen LogP contribution in [0.5, 0.6) is 0 Å². The van der Waals surface area contributed by atoms with Crippen LogP contribution in [0.1, 0.15) is 36.8 Å². The summed E-state index contributed by atoms with van der Waals surface area (Å²) >= 11 is 1.74. The Kier molecular flexibility index (Phi) is 5.31. The SMILES string of the molecule is CSC(CO)C(C)NC1CC(c2ccccc2C)C1. The molecular weight excluding hydrogens is 254 g/mol. The van der Waals surface area contributed by atoms with Crippen LogP contribution < -0.4 is 5.32 Å². The van der Waals surface area contributed by atoms with Crippen molar-refractivity contribution in [3.8, 4) is 0 Å². The summed E-state index contributed by atoms with van der Waals surface area (Å²) in [4.78, 5) is 0. The molecule has 1 saturated carbocycles. The molecule has 2 unspecified atom stereocenters. The third kappa shape index (κ3) is 3.53. The summed E-state index contributed by atoms with van der Waals surface area (Å²) in [5, 5.41) is 13.3. The first-order valence-corrected chi connectivity index (χ1v) is 8.39. The van der Waals surface area contributed by atoms with Crippen molar-refractivity contribution in [3.05, 3.63) is 35.4 Å². The van der Waals surface area contributed by atoms with Crippen molar-refractivity contribution in [3.63, 3.8) is 0 Å². The Hall–Kier alpha value is -0.510. The predicted octanol–water partition coefficient (Wildman–Crippen LogP) is 2.94. The van der Waals surface area contributed by atoms with E-state index in [4.69, 9.17) is 0 Å². The van der Waals surface area contributed by atoms with Crippen molar-refractivity contribution < 1.29 is 5.11 Å². The summed E-state index contributed by atoms with van der Waals surface area (Å²) < 4.78 is 0. The van der Waals surface area contributed by atoms with E-state index >= 15 is 0 Å². The van der Waals surface area contributed by atoms with Crippen molar-refractivity contribution >= 4 is 11.8 Å². The van der Waals surface area contributed by atoms with Gasteiger partial charge in [0.1, 0.15) is 0 Å². The van der Waals surface area contributed by atoms with Gasteiger partial charge in [0.15, 0.2) is 0 Å². The molecule has 1 aliphatic carbocycles. The van der Waals surface area contributed by atoms with Crippen molar-refractivity contribution in [1.29, 1.82) is 0 Å². The molecule has 1 fully saturated rings. The average Bonchev–Trinajstić information content (AvgIpc) is 2.36. The topological polar surface area (TPSA) is 32.3 Å². The van der Waals surface area contributed by atoms with Gasteiger partial charge in [0, 0.05) is 17.3 Å². The summed E-state index contributed by atoms with van der Waals surface area (Å²) in [7, 11) is 0. The van der Waals surface area contributed by atoms with Gasteiger partial charge in [0.05, 0.1) is 6.61 Å². The average molecular weight is 279 g/mol. The first kappa shape index (κ1) is 14.9. The molecule has 0 bridgehead atoms. The largest absolute Gasteiger partial charge is 0.395 e. The van der Waals surface area contributed by atoms with Gasteiger partial charge in [-0.25, -0.2) is 0 Å². The molecule has 2 nitrogen and oxygen atoms in total. The third-order valence-corrected chi connectivity index (χ3v) is 5.47. The van der Waals surface area contributed by atoms with E-state index in [-0.39, 0.29) is 6.61 Å². The van der Waals surface area contributed by atoms with E-state index in [0.717, 1.165) is 0 Å². The van der Waals surface area contributed by atoms with Gasteiger partial charge in [0.25, 0.3) is 0 Å². The standard InChI is InChI=1S/C16H25NOS/c1-11-6-4-5-7-15(11)13-8-14(9-13)17-12(2)16(10-18)19-3/h4-7,12-14,16-18H,8-10H2,1-3H3. The number of rotatable bonds is 6. The second-order valence-corrected chi connectivity index (χ2v) is 6.71. The number of thioether (sulfide) groups is 1. The van der Waals surface area contributed by atoms with Crippen LogP contribution in [0, 0.1) is 6.92 Å². The zero-order valence-corrected chi connectivity index (χ0v) is 12.9. The van der Waals surface area contributed by atoms with Crippen LogP contribution in [0.4, 0.5) is 0 Å². The highest BCUT2D eigenvalue weighted by Gasteiger charge is 2.32. The minimum atomic E-state index is 0.253. The highest BCUT2D eigenvalue weighted by Crippen LogP contribution is 2.38. The van der Waals surface area contributed by atoms with Crippen LogP contribution in [-0.2, 0) is 0 Å². The molecule has 19 heavy (non-hydrogen) atoms. The number of aryl methyl sites for hydroxylation is 1. The fourth-order valence-electron chi connectivity index (χ4n) is 2.97. The molecule has 0 saturated heterocycles. The van der Waals surface area contributed by atoms with E-state index in [0.29, 0.717) is 23.3 Å². The number of aliphatic hydroxyl groups is 1. The summed E-state index contributed by atoms with van der Waals surface area (Å²) in [6.45, 7) is 4.63. The van der Waals surface area contributed by atoms with E-state index in [2.05, 4.69) is 49.7 Å². The van der Waals surface area contributed by atoms with Gasteiger partial charge in [-0.05, 0) is 50.0 Å². The minimum Gasteiger partial charge on any atom is -0.395 e. The van der Waals surface area contributed by atoms with E-state index in [1.807, 2.05) is 0 Å². The molecular formula is C16H25NOS. The lowest BCUT2D eigenvalue weighted by Crippen LogP contribution is -2.48. The Bertz CT molecular complexity index is 399. The molecule has 0 heterocycles. The second-order valence-electron chi connectivity index (χ2n) is 5.63. The molecule has 2 atom stereocenters. The van der Waals surface area contributed by atoms with Gasteiger partial charge in [-0.1, -0.05) is 24.3 Å². The maximum absolute atomic E-state index is 9.31. The molecule has 2 rings (SSSR count). The predicted molar refractivity (Wildman–Crippen MR) is 83.9 cm³/mol. The van der Waals surface area contributed by atoms with Gasteiger partial charge in [-0.15, -0.1) is 0 Å². The first-order valence-electron chi connectivity index (χ1n) is 7.11. The maximum Gasteiger partial charge on any atom is 0.0564 e. The highest BCUT2D eigenvalue weighted by molar-refractivity contribution is 7.99. The molecule has 106 valence electrons. The molecule has 1 aliphatic rings. The van der Waals surface area contributed by atoms with Crippen molar-refractivity contribution in [2.75, 3.05) is 12.9 Å². The lowest BCUT2D eigenvalue weighted by Gasteiger charge is -2.40. The number of nitrogens with one attached hydrogen (secondary N) is 1. The molecule has 0 aromatic heterocycles. The van der Waals surface area contributed by atoms with Crippen LogP contribution in [0.3, 0.4) is 0 Å². The smallest absolute Gasteiger partial charge is 0.0564 e. The second kappa shape index (κ2) is 6.78. The van der Waals surface area contributed by atoms with E-state index in [9.17, 15) is 5.11 Å². The zero-order valence-electron chi connectivity index (χ0n) is 12.1. The summed E-state index contributed by atoms with van der Waals surface area (Å²) in [5.41, 5.74) is 2.92. The van der Waals surface area contributed by atoms with E-state index < -0.39 is 0 Å². The Balaban J connectivity index is 1.82. The number of hydrogen-bond acceptors (Lipinski definition) is 3. The number of hydrogen-bond donors (Lipinski definition) is 2. The van der Waals surface area contributed by atoms with Gasteiger partial charge in [0.2, 0.25) is 0 Å². The van der Waals surface area contributed by atoms with Crippen LogP contribution in [-0.4, -0.2) is 35.3 Å². The molecule has 0 spiro atoms. The van der Waals surface area contributed by atoms with E-state index in [1.54, 1.807) is 11.8 Å². The summed E-state index contributed by atoms with van der Waals surface area (Å²) in [5.74, 6) is 0.716. The fraction of sp³-hybridized carbons (Fsp3) is 0.625. The molecule has 1 aromatic rings. The molecule has 1 aromatic carbocycles. The van der Waals surface area contributed by atoms with Gasteiger partial charge in [-0.3, -0.25) is 0 Å². The zero-order chi connectivity index (χ0) is 13.8. The molecule has 0 amide bonds. The molecule has 0 radical (unpaired) electrons. The molecule has 0 aliphatic heterocycles. The van der Waals surface area contributed by atoms with Crippen molar-refractivity contribution in [2.24, 2.45) is 0 Å². The van der Waals surface area contributed by atoms with Gasteiger partial charge >= 0.3 is 0 Å². The minimum absolute atomic E-state index is 0.253. The quantitative estimate of drug-likeness (QED) is 0.840. The normalized spacial score (nSPS) is 25.7. The lowest BCUT2D eigenvalue weighted by molar-refractivity contribution is 0.235. The van der Waals surface area contributed by atoms with Gasteiger partial charge < -0.3 is 10.4 Å². The maximum atomic E-state index is 9.31. The Labute approximate surface area is 121 Å². The summed E-state index contributed by atoms with van der Waals surface area (Å²) in [6.07, 6.45) is 4.51. The van der Waals surface area contributed by atoms with Gasteiger partial charge in [-0.2, -0.15) is 11.8 Å². The molecule has 2 N–H and O–H groups in total. The lowest BCUT2D eigenvalue weighted by atomic mass is 9.74. The van der Waals surface area contributed by atoms with E-state index in [1.165, 1.54) is 24.0 Å².